The lowest BCUT2D eigenvalue weighted by molar-refractivity contribution is -0.124. The van der Waals surface area contributed by atoms with E-state index < -0.39 is 18.6 Å². The molecule has 0 aliphatic rings. The number of rotatable bonds is 11. The van der Waals surface area contributed by atoms with E-state index in [2.05, 4.69) is 20.4 Å². The van der Waals surface area contributed by atoms with Crippen LogP contribution >= 0.6 is 0 Å². The fourth-order valence-corrected chi connectivity index (χ4v) is 3.92. The Morgan fingerprint density at radius 2 is 1.87 bits per heavy atom. The van der Waals surface area contributed by atoms with Gasteiger partial charge in [0.15, 0.2) is 0 Å². The Hall–Kier alpha value is -4.28. The molecular formula is C28H30N4O6. The number of pyridine rings is 1. The third-order valence-electron chi connectivity index (χ3n) is 5.84. The van der Waals surface area contributed by atoms with Crippen LogP contribution in [0.25, 0.3) is 34.1 Å². The predicted octanol–water partition coefficient (Wildman–Crippen LogP) is 3.19. The van der Waals surface area contributed by atoms with Crippen LogP contribution < -0.4 is 14.8 Å². The Bertz CT molecular complexity index is 1390. The van der Waals surface area contributed by atoms with Crippen molar-refractivity contribution in [3.8, 4) is 45.7 Å². The molecule has 2 aromatic heterocycles. The van der Waals surface area contributed by atoms with Crippen LogP contribution in [0.15, 0.2) is 59.1 Å². The average molecular weight is 519 g/mol. The quantitative estimate of drug-likeness (QED) is 0.273. The molecule has 0 saturated carbocycles. The summed E-state index contributed by atoms with van der Waals surface area (Å²) >= 11 is 0. The zero-order valence-corrected chi connectivity index (χ0v) is 21.5. The van der Waals surface area contributed by atoms with Crippen LogP contribution in [-0.2, 0) is 11.2 Å². The van der Waals surface area contributed by atoms with E-state index in [4.69, 9.17) is 19.1 Å². The summed E-state index contributed by atoms with van der Waals surface area (Å²) in [5.74, 6) is 1.29. The standard InChI is InChI=1S/C28H30N4O6/c1-4-18-11-20(10-17(2)26(18)37-16-22(34)14-29-24(35)15-33)27-31-28(38-32-27)21-12-23(30-25(13-21)36-3)19-8-6-5-7-9-19/h5-13,22,33-34H,4,14-16H2,1-3H3,(H,29,35)/t22-/m0/s1. The second-order valence-electron chi connectivity index (χ2n) is 8.63. The van der Waals surface area contributed by atoms with Crippen LogP contribution in [0.5, 0.6) is 11.6 Å². The number of methoxy groups -OCH3 is 1. The zero-order chi connectivity index (χ0) is 27.1. The first-order chi connectivity index (χ1) is 18.4. The Labute approximate surface area is 220 Å². The molecule has 0 aliphatic heterocycles. The van der Waals surface area contributed by atoms with Crippen LogP contribution in [-0.4, -0.2) is 64.2 Å². The SMILES string of the molecule is CCc1cc(-c2noc(-c3cc(OC)nc(-c4ccccc4)c3)n2)cc(C)c1OC[C@@H](O)CNC(=O)CO. The number of nitrogens with one attached hydrogen (secondary N) is 1. The number of aromatic nitrogens is 3. The van der Waals surface area contributed by atoms with Crippen LogP contribution in [0.3, 0.4) is 0 Å². The highest BCUT2D eigenvalue weighted by Gasteiger charge is 2.18. The van der Waals surface area contributed by atoms with Gasteiger partial charge in [-0.15, -0.1) is 0 Å². The lowest BCUT2D eigenvalue weighted by atomic mass is 10.0. The van der Waals surface area contributed by atoms with Gasteiger partial charge in [-0.2, -0.15) is 4.98 Å². The molecule has 3 N–H and O–H groups in total. The van der Waals surface area contributed by atoms with Crippen molar-refractivity contribution >= 4 is 5.91 Å². The lowest BCUT2D eigenvalue weighted by Crippen LogP contribution is -2.36. The largest absolute Gasteiger partial charge is 0.490 e. The minimum Gasteiger partial charge on any atom is -0.490 e. The summed E-state index contributed by atoms with van der Waals surface area (Å²) in [5.41, 5.74) is 4.87. The van der Waals surface area contributed by atoms with E-state index in [-0.39, 0.29) is 13.2 Å². The maximum absolute atomic E-state index is 11.2. The maximum Gasteiger partial charge on any atom is 0.258 e. The molecule has 1 amide bonds. The molecule has 4 aromatic rings. The Morgan fingerprint density at radius 3 is 2.58 bits per heavy atom. The van der Waals surface area contributed by atoms with Crippen molar-refractivity contribution in [2.75, 3.05) is 26.9 Å². The van der Waals surface area contributed by atoms with E-state index in [0.717, 1.165) is 27.9 Å². The first kappa shape index (κ1) is 26.8. The molecule has 0 radical (unpaired) electrons. The number of carbonyl (C=O) groups excluding carboxylic acids is 1. The topological polar surface area (TPSA) is 140 Å². The number of ether oxygens (including phenoxy) is 2. The van der Waals surface area contributed by atoms with E-state index in [1.807, 2.05) is 62.4 Å². The van der Waals surface area contributed by atoms with Crippen LogP contribution in [0.4, 0.5) is 0 Å². The number of hydrogen-bond acceptors (Lipinski definition) is 9. The van der Waals surface area contributed by atoms with E-state index in [0.29, 0.717) is 35.3 Å². The van der Waals surface area contributed by atoms with Crippen LogP contribution in [0.2, 0.25) is 0 Å². The van der Waals surface area contributed by atoms with Crippen molar-refractivity contribution in [1.29, 1.82) is 0 Å². The van der Waals surface area contributed by atoms with Gasteiger partial charge >= 0.3 is 0 Å². The van der Waals surface area contributed by atoms with E-state index >= 15 is 0 Å². The summed E-state index contributed by atoms with van der Waals surface area (Å²) in [4.78, 5) is 20.3. The number of amides is 1. The molecule has 10 heteroatoms. The number of hydrogen-bond donors (Lipinski definition) is 3. The van der Waals surface area contributed by atoms with Crippen molar-refractivity contribution in [1.82, 2.24) is 20.4 Å². The summed E-state index contributed by atoms with van der Waals surface area (Å²) in [6.45, 7) is 3.24. The van der Waals surface area contributed by atoms with Gasteiger partial charge in [0.2, 0.25) is 17.6 Å². The van der Waals surface area contributed by atoms with Gasteiger partial charge in [0, 0.05) is 29.3 Å². The molecule has 38 heavy (non-hydrogen) atoms. The van der Waals surface area contributed by atoms with Gasteiger partial charge in [-0.1, -0.05) is 42.4 Å². The van der Waals surface area contributed by atoms with Crippen LogP contribution in [0, 0.1) is 6.92 Å². The molecule has 0 spiro atoms. The average Bonchev–Trinajstić information content (AvgIpc) is 3.45. The number of benzene rings is 2. The van der Waals surface area contributed by atoms with Gasteiger partial charge < -0.3 is 29.5 Å². The molecule has 0 saturated heterocycles. The molecule has 0 bridgehead atoms. The van der Waals surface area contributed by atoms with Gasteiger partial charge in [-0.3, -0.25) is 4.79 Å². The highest BCUT2D eigenvalue weighted by Crippen LogP contribution is 2.32. The van der Waals surface area contributed by atoms with E-state index in [1.54, 1.807) is 13.2 Å². The van der Waals surface area contributed by atoms with E-state index in [9.17, 15) is 9.90 Å². The van der Waals surface area contributed by atoms with Crippen molar-refractivity contribution in [2.45, 2.75) is 26.4 Å². The number of nitrogens with zero attached hydrogens (tertiary/aromatic N) is 3. The summed E-state index contributed by atoms with van der Waals surface area (Å²) in [6.07, 6.45) is -0.249. The zero-order valence-electron chi connectivity index (χ0n) is 21.5. The fraction of sp³-hybridized carbons (Fsp3) is 0.286. The van der Waals surface area contributed by atoms with Crippen molar-refractivity contribution in [2.24, 2.45) is 0 Å². The molecular weight excluding hydrogens is 488 g/mol. The molecule has 2 aromatic carbocycles. The van der Waals surface area contributed by atoms with Crippen LogP contribution in [0.1, 0.15) is 18.1 Å². The second-order valence-corrected chi connectivity index (χ2v) is 8.63. The summed E-state index contributed by atoms with van der Waals surface area (Å²) in [6, 6.07) is 17.2. The number of aliphatic hydroxyl groups excluding tert-OH is 2. The third-order valence-corrected chi connectivity index (χ3v) is 5.84. The molecule has 10 nitrogen and oxygen atoms in total. The van der Waals surface area contributed by atoms with Crippen molar-refractivity contribution < 1.29 is 29.0 Å². The number of aryl methyl sites for hydroxylation is 2. The lowest BCUT2D eigenvalue weighted by Gasteiger charge is -2.17. The Morgan fingerprint density at radius 1 is 1.08 bits per heavy atom. The second kappa shape index (κ2) is 12.3. The Kier molecular flexibility index (Phi) is 8.67. The minimum absolute atomic E-state index is 0.0150. The number of aliphatic hydroxyl groups is 2. The Balaban J connectivity index is 1.56. The molecule has 2 heterocycles. The smallest absolute Gasteiger partial charge is 0.258 e. The third kappa shape index (κ3) is 6.34. The minimum atomic E-state index is -0.924. The molecule has 4 rings (SSSR count). The maximum atomic E-state index is 11.2. The molecule has 0 unspecified atom stereocenters. The first-order valence-electron chi connectivity index (χ1n) is 12.2. The number of carbonyl (C=O) groups is 1. The summed E-state index contributed by atoms with van der Waals surface area (Å²) in [5, 5.41) is 25.5. The van der Waals surface area contributed by atoms with Gasteiger partial charge in [0.05, 0.1) is 12.8 Å². The molecule has 198 valence electrons. The van der Waals surface area contributed by atoms with Gasteiger partial charge in [-0.05, 0) is 42.7 Å². The van der Waals surface area contributed by atoms with E-state index in [1.165, 1.54) is 0 Å². The van der Waals surface area contributed by atoms with Crippen molar-refractivity contribution in [3.05, 3.63) is 65.7 Å². The highest BCUT2D eigenvalue weighted by molar-refractivity contribution is 5.76. The normalized spacial score (nSPS) is 11.7. The van der Waals surface area contributed by atoms with Gasteiger partial charge in [0.1, 0.15) is 25.1 Å². The molecule has 0 aliphatic carbocycles. The molecule has 1 atom stereocenters. The predicted molar refractivity (Wildman–Crippen MR) is 141 cm³/mol. The summed E-state index contributed by atoms with van der Waals surface area (Å²) in [7, 11) is 1.56. The summed E-state index contributed by atoms with van der Waals surface area (Å²) < 4.78 is 16.9. The monoisotopic (exact) mass is 518 g/mol. The first-order valence-corrected chi connectivity index (χ1v) is 12.2. The highest BCUT2D eigenvalue weighted by atomic mass is 16.5. The van der Waals surface area contributed by atoms with Gasteiger partial charge in [0.25, 0.3) is 5.89 Å². The van der Waals surface area contributed by atoms with Crippen molar-refractivity contribution in [3.63, 3.8) is 0 Å². The molecule has 0 fully saturated rings. The van der Waals surface area contributed by atoms with Gasteiger partial charge in [-0.25, -0.2) is 4.98 Å². The fourth-order valence-electron chi connectivity index (χ4n) is 3.92.